The van der Waals surface area contributed by atoms with Crippen molar-refractivity contribution >= 4 is 5.91 Å². The molecule has 2 heterocycles. The summed E-state index contributed by atoms with van der Waals surface area (Å²) in [6.45, 7) is 3.70. The van der Waals surface area contributed by atoms with Crippen LogP contribution in [0.25, 0.3) is 5.69 Å². The number of amides is 1. The number of carbonyl (C=O) groups is 1. The number of pyridine rings is 1. The first-order valence-corrected chi connectivity index (χ1v) is 7.97. The molecule has 1 amide bonds. The van der Waals surface area contributed by atoms with E-state index in [4.69, 9.17) is 5.26 Å². The monoisotopic (exact) mass is 349 g/mol. The Balaban J connectivity index is 1.79. The van der Waals surface area contributed by atoms with Gasteiger partial charge in [0.25, 0.3) is 5.91 Å². The molecular formula is C19H16FN5O. The SMILES string of the molecule is Cc1c(C(C)NC(=O)c2ccc(C#N)nc2)cnn1-c1cccc(F)c1. The molecule has 7 heteroatoms. The lowest BCUT2D eigenvalue weighted by Gasteiger charge is -2.14. The number of nitrogens with one attached hydrogen (secondary N) is 1. The maximum absolute atomic E-state index is 13.4. The minimum atomic E-state index is -0.339. The molecule has 2 aromatic heterocycles. The highest BCUT2D eigenvalue weighted by molar-refractivity contribution is 5.94. The Morgan fingerprint density at radius 3 is 2.77 bits per heavy atom. The van der Waals surface area contributed by atoms with Crippen molar-refractivity contribution in [3.05, 3.63) is 77.1 Å². The highest BCUT2D eigenvalue weighted by Crippen LogP contribution is 2.21. The normalized spacial score (nSPS) is 11.6. The molecule has 0 saturated heterocycles. The van der Waals surface area contributed by atoms with Gasteiger partial charge in [-0.25, -0.2) is 14.1 Å². The van der Waals surface area contributed by atoms with E-state index in [-0.39, 0.29) is 23.5 Å². The van der Waals surface area contributed by atoms with Gasteiger partial charge < -0.3 is 5.32 Å². The Labute approximate surface area is 149 Å². The lowest BCUT2D eigenvalue weighted by molar-refractivity contribution is 0.0939. The van der Waals surface area contributed by atoms with Crippen LogP contribution in [0.3, 0.4) is 0 Å². The summed E-state index contributed by atoms with van der Waals surface area (Å²) in [5, 5.41) is 15.9. The van der Waals surface area contributed by atoms with Gasteiger partial charge in [-0.2, -0.15) is 10.4 Å². The van der Waals surface area contributed by atoms with E-state index in [9.17, 15) is 9.18 Å². The average molecular weight is 349 g/mol. The summed E-state index contributed by atoms with van der Waals surface area (Å²) in [5.74, 6) is -0.638. The molecule has 0 bridgehead atoms. The van der Waals surface area contributed by atoms with E-state index in [0.717, 1.165) is 11.3 Å². The molecule has 3 aromatic rings. The fourth-order valence-electron chi connectivity index (χ4n) is 2.67. The van der Waals surface area contributed by atoms with Gasteiger partial charge in [0.2, 0.25) is 0 Å². The largest absolute Gasteiger partial charge is 0.345 e. The molecule has 0 radical (unpaired) electrons. The van der Waals surface area contributed by atoms with E-state index >= 15 is 0 Å². The highest BCUT2D eigenvalue weighted by Gasteiger charge is 2.17. The standard InChI is InChI=1S/C19H16FN5O/c1-12(24-19(26)14-6-7-16(9-21)22-10-14)18-11-23-25(13(18)2)17-5-3-4-15(20)8-17/h3-8,10-12H,1-2H3,(H,24,26). The second-order valence-corrected chi connectivity index (χ2v) is 5.82. The number of hydrogen-bond acceptors (Lipinski definition) is 4. The molecule has 1 atom stereocenters. The van der Waals surface area contributed by atoms with E-state index in [0.29, 0.717) is 11.3 Å². The summed E-state index contributed by atoms with van der Waals surface area (Å²) in [4.78, 5) is 16.2. The lowest BCUT2D eigenvalue weighted by Crippen LogP contribution is -2.27. The Morgan fingerprint density at radius 2 is 2.12 bits per heavy atom. The van der Waals surface area contributed by atoms with Crippen LogP contribution in [0.1, 0.15) is 40.3 Å². The van der Waals surface area contributed by atoms with Gasteiger partial charge >= 0.3 is 0 Å². The molecule has 1 N–H and O–H groups in total. The van der Waals surface area contributed by atoms with Crippen LogP contribution in [0.2, 0.25) is 0 Å². The van der Waals surface area contributed by atoms with Gasteiger partial charge in [0.1, 0.15) is 17.6 Å². The summed E-state index contributed by atoms with van der Waals surface area (Å²) in [5.41, 5.74) is 2.86. The minimum Gasteiger partial charge on any atom is -0.345 e. The quantitative estimate of drug-likeness (QED) is 0.784. The third kappa shape index (κ3) is 3.44. The number of nitrogens with zero attached hydrogens (tertiary/aromatic N) is 4. The van der Waals surface area contributed by atoms with Gasteiger partial charge in [-0.05, 0) is 44.2 Å². The van der Waals surface area contributed by atoms with Gasteiger partial charge in [-0.1, -0.05) is 6.07 Å². The number of halogens is 1. The van der Waals surface area contributed by atoms with Crippen molar-refractivity contribution in [2.75, 3.05) is 0 Å². The van der Waals surface area contributed by atoms with Crippen molar-refractivity contribution in [3.8, 4) is 11.8 Å². The number of rotatable bonds is 4. The zero-order chi connectivity index (χ0) is 18.7. The summed E-state index contributed by atoms with van der Waals surface area (Å²) in [7, 11) is 0. The van der Waals surface area contributed by atoms with E-state index in [2.05, 4.69) is 15.4 Å². The molecule has 0 fully saturated rings. The average Bonchev–Trinajstić information content (AvgIpc) is 3.03. The van der Waals surface area contributed by atoms with E-state index in [1.807, 2.05) is 19.9 Å². The van der Waals surface area contributed by atoms with E-state index < -0.39 is 0 Å². The van der Waals surface area contributed by atoms with Crippen molar-refractivity contribution in [2.24, 2.45) is 0 Å². The summed E-state index contributed by atoms with van der Waals surface area (Å²) in [6.07, 6.45) is 3.02. The molecular weight excluding hydrogens is 333 g/mol. The second-order valence-electron chi connectivity index (χ2n) is 5.82. The summed E-state index contributed by atoms with van der Waals surface area (Å²) >= 11 is 0. The molecule has 3 rings (SSSR count). The van der Waals surface area contributed by atoms with Gasteiger partial charge in [0.05, 0.1) is 23.5 Å². The van der Waals surface area contributed by atoms with Crippen LogP contribution < -0.4 is 5.32 Å². The maximum Gasteiger partial charge on any atom is 0.253 e. The maximum atomic E-state index is 13.4. The van der Waals surface area contributed by atoms with Crippen molar-refractivity contribution in [3.63, 3.8) is 0 Å². The molecule has 1 aromatic carbocycles. The second kappa shape index (κ2) is 7.15. The smallest absolute Gasteiger partial charge is 0.253 e. The molecule has 26 heavy (non-hydrogen) atoms. The van der Waals surface area contributed by atoms with Gasteiger partial charge in [-0.15, -0.1) is 0 Å². The highest BCUT2D eigenvalue weighted by atomic mass is 19.1. The van der Waals surface area contributed by atoms with Crippen LogP contribution in [-0.4, -0.2) is 20.7 Å². The number of carbonyl (C=O) groups excluding carboxylic acids is 1. The van der Waals surface area contributed by atoms with Crippen molar-refractivity contribution < 1.29 is 9.18 Å². The molecule has 130 valence electrons. The predicted molar refractivity (Wildman–Crippen MR) is 93.1 cm³/mol. The molecule has 6 nitrogen and oxygen atoms in total. The Bertz CT molecular complexity index is 988. The van der Waals surface area contributed by atoms with Crippen LogP contribution >= 0.6 is 0 Å². The van der Waals surface area contributed by atoms with E-state index in [1.54, 1.807) is 29.1 Å². The first kappa shape index (κ1) is 17.3. The number of aromatic nitrogens is 3. The van der Waals surface area contributed by atoms with Crippen molar-refractivity contribution in [2.45, 2.75) is 19.9 Å². The lowest BCUT2D eigenvalue weighted by atomic mass is 10.1. The Hall–Kier alpha value is -3.53. The number of benzene rings is 1. The zero-order valence-corrected chi connectivity index (χ0v) is 14.3. The number of hydrogen-bond donors (Lipinski definition) is 1. The molecule has 0 aliphatic carbocycles. The predicted octanol–water partition coefficient (Wildman–Crippen LogP) is 3.08. The Morgan fingerprint density at radius 1 is 1.31 bits per heavy atom. The minimum absolute atomic E-state index is 0.252. The zero-order valence-electron chi connectivity index (χ0n) is 14.3. The molecule has 1 unspecified atom stereocenters. The van der Waals surface area contributed by atoms with Crippen LogP contribution in [0.15, 0.2) is 48.8 Å². The van der Waals surface area contributed by atoms with Gasteiger partial charge in [0.15, 0.2) is 0 Å². The third-order valence-corrected chi connectivity index (χ3v) is 4.05. The van der Waals surface area contributed by atoms with Gasteiger partial charge in [-0.3, -0.25) is 4.79 Å². The van der Waals surface area contributed by atoms with Crippen LogP contribution in [0.4, 0.5) is 4.39 Å². The Kier molecular flexibility index (Phi) is 4.76. The fraction of sp³-hybridized carbons (Fsp3) is 0.158. The molecule has 0 spiro atoms. The number of nitriles is 1. The van der Waals surface area contributed by atoms with Crippen molar-refractivity contribution in [1.29, 1.82) is 5.26 Å². The fourth-order valence-corrected chi connectivity index (χ4v) is 2.67. The molecule has 0 aliphatic heterocycles. The van der Waals surface area contributed by atoms with Crippen LogP contribution in [0, 0.1) is 24.1 Å². The first-order chi connectivity index (χ1) is 12.5. The van der Waals surface area contributed by atoms with Crippen LogP contribution in [0.5, 0.6) is 0 Å². The summed E-state index contributed by atoms with van der Waals surface area (Å²) in [6, 6.07) is 10.8. The molecule has 0 saturated carbocycles. The third-order valence-electron chi connectivity index (χ3n) is 4.05. The van der Waals surface area contributed by atoms with E-state index in [1.165, 1.54) is 24.4 Å². The van der Waals surface area contributed by atoms with Crippen molar-refractivity contribution in [1.82, 2.24) is 20.1 Å². The van der Waals surface area contributed by atoms with Gasteiger partial charge in [0, 0.05) is 17.5 Å². The van der Waals surface area contributed by atoms with Crippen LogP contribution in [-0.2, 0) is 0 Å². The topological polar surface area (TPSA) is 83.6 Å². The molecule has 0 aliphatic rings. The summed E-state index contributed by atoms with van der Waals surface area (Å²) < 4.78 is 15.1. The first-order valence-electron chi connectivity index (χ1n) is 7.97.